The van der Waals surface area contributed by atoms with Gasteiger partial charge in [0.05, 0.1) is 35.0 Å². The Morgan fingerprint density at radius 3 is 2.83 bits per heavy atom. The second-order valence-corrected chi connectivity index (χ2v) is 7.01. The number of aryl methyl sites for hydroxylation is 2. The Kier molecular flexibility index (Phi) is 5.95. The van der Waals surface area contributed by atoms with Crippen LogP contribution in [0.3, 0.4) is 0 Å². The standard InChI is InChI=1S/C22H24N6O/c29-22(24-15-18-8-5-6-12-23-18)17-14-25-28(16-17)13-7-1-2-11-21-26-19-9-3-4-10-20(19)27-21/h3-6,8-10,12,14,16H,1-2,7,11,13,15H2,(H,24,29)(H,26,27). The summed E-state index contributed by atoms with van der Waals surface area (Å²) in [5.74, 6) is 0.906. The van der Waals surface area contributed by atoms with E-state index in [1.54, 1.807) is 18.6 Å². The fourth-order valence-corrected chi connectivity index (χ4v) is 3.25. The zero-order valence-corrected chi connectivity index (χ0v) is 16.2. The lowest BCUT2D eigenvalue weighted by molar-refractivity contribution is 0.0950. The van der Waals surface area contributed by atoms with Crippen molar-refractivity contribution in [3.8, 4) is 0 Å². The lowest BCUT2D eigenvalue weighted by Gasteiger charge is -2.03. The average molecular weight is 388 g/mol. The Labute approximate surface area is 169 Å². The van der Waals surface area contributed by atoms with Crippen molar-refractivity contribution in [2.45, 2.75) is 38.8 Å². The van der Waals surface area contributed by atoms with Gasteiger partial charge in [-0.3, -0.25) is 14.5 Å². The van der Waals surface area contributed by atoms with Crippen molar-refractivity contribution < 1.29 is 4.79 Å². The number of benzene rings is 1. The minimum Gasteiger partial charge on any atom is -0.346 e. The molecular formula is C22H24N6O. The monoisotopic (exact) mass is 388 g/mol. The van der Waals surface area contributed by atoms with Gasteiger partial charge in [0, 0.05) is 25.4 Å². The quantitative estimate of drug-likeness (QED) is 0.430. The number of rotatable bonds is 9. The first-order valence-electron chi connectivity index (χ1n) is 9.92. The fourth-order valence-electron chi connectivity index (χ4n) is 3.25. The fraction of sp³-hybridized carbons (Fsp3) is 0.273. The Balaban J connectivity index is 1.17. The normalized spacial score (nSPS) is 11.0. The first-order chi connectivity index (χ1) is 14.3. The van der Waals surface area contributed by atoms with Gasteiger partial charge in [-0.15, -0.1) is 0 Å². The molecule has 0 unspecified atom stereocenters. The van der Waals surface area contributed by atoms with Gasteiger partial charge in [-0.25, -0.2) is 4.98 Å². The van der Waals surface area contributed by atoms with Crippen LogP contribution in [0, 0.1) is 0 Å². The summed E-state index contributed by atoms with van der Waals surface area (Å²) in [6, 6.07) is 13.7. The van der Waals surface area contributed by atoms with Crippen LogP contribution in [0.25, 0.3) is 11.0 Å². The molecule has 0 spiro atoms. The van der Waals surface area contributed by atoms with Gasteiger partial charge in [0.25, 0.3) is 5.91 Å². The first kappa shape index (κ1) is 18.9. The number of carbonyl (C=O) groups excluding carboxylic acids is 1. The van der Waals surface area contributed by atoms with Gasteiger partial charge in [-0.05, 0) is 37.1 Å². The van der Waals surface area contributed by atoms with E-state index in [0.717, 1.165) is 54.8 Å². The van der Waals surface area contributed by atoms with Crippen LogP contribution in [0.2, 0.25) is 0 Å². The van der Waals surface area contributed by atoms with Crippen LogP contribution >= 0.6 is 0 Å². The molecule has 1 amide bonds. The van der Waals surface area contributed by atoms with Crippen molar-refractivity contribution in [1.29, 1.82) is 0 Å². The number of nitrogens with one attached hydrogen (secondary N) is 2. The van der Waals surface area contributed by atoms with Crippen molar-refractivity contribution in [1.82, 2.24) is 30.0 Å². The van der Waals surface area contributed by atoms with E-state index < -0.39 is 0 Å². The third kappa shape index (κ3) is 5.07. The van der Waals surface area contributed by atoms with Crippen molar-refractivity contribution in [3.63, 3.8) is 0 Å². The lowest BCUT2D eigenvalue weighted by Crippen LogP contribution is -2.22. The smallest absolute Gasteiger partial charge is 0.254 e. The topological polar surface area (TPSA) is 88.5 Å². The first-order valence-corrected chi connectivity index (χ1v) is 9.92. The van der Waals surface area contributed by atoms with Gasteiger partial charge >= 0.3 is 0 Å². The predicted molar refractivity (Wildman–Crippen MR) is 111 cm³/mol. The largest absolute Gasteiger partial charge is 0.346 e. The van der Waals surface area contributed by atoms with Crippen molar-refractivity contribution in [2.24, 2.45) is 0 Å². The number of unbranched alkanes of at least 4 members (excludes halogenated alkanes) is 2. The Morgan fingerprint density at radius 2 is 1.97 bits per heavy atom. The molecule has 29 heavy (non-hydrogen) atoms. The number of hydrogen-bond acceptors (Lipinski definition) is 4. The van der Waals surface area contributed by atoms with Crippen molar-refractivity contribution in [2.75, 3.05) is 0 Å². The highest BCUT2D eigenvalue weighted by atomic mass is 16.1. The molecule has 0 aliphatic heterocycles. The van der Waals surface area contributed by atoms with E-state index in [2.05, 4.69) is 25.4 Å². The molecule has 3 heterocycles. The number of aromatic amines is 1. The van der Waals surface area contributed by atoms with E-state index in [4.69, 9.17) is 0 Å². The third-order valence-corrected chi connectivity index (χ3v) is 4.79. The van der Waals surface area contributed by atoms with Crippen LogP contribution in [0.5, 0.6) is 0 Å². The molecule has 1 aromatic carbocycles. The summed E-state index contributed by atoms with van der Waals surface area (Å²) in [6.45, 7) is 1.21. The molecule has 0 bridgehead atoms. The maximum Gasteiger partial charge on any atom is 0.254 e. The highest BCUT2D eigenvalue weighted by molar-refractivity contribution is 5.93. The van der Waals surface area contributed by atoms with Crippen LogP contribution in [-0.2, 0) is 19.5 Å². The third-order valence-electron chi connectivity index (χ3n) is 4.79. The number of imidazole rings is 1. The number of fused-ring (bicyclic) bond motifs is 1. The summed E-state index contributed by atoms with van der Waals surface area (Å²) in [5, 5.41) is 7.17. The van der Waals surface area contributed by atoms with Crippen molar-refractivity contribution in [3.05, 3.63) is 78.1 Å². The van der Waals surface area contributed by atoms with E-state index in [1.165, 1.54) is 0 Å². The summed E-state index contributed by atoms with van der Waals surface area (Å²) in [7, 11) is 0. The minimum atomic E-state index is -0.133. The molecule has 4 rings (SSSR count). The van der Waals surface area contributed by atoms with Gasteiger partial charge in [0.2, 0.25) is 0 Å². The number of hydrogen-bond donors (Lipinski definition) is 2. The number of carbonyl (C=O) groups is 1. The van der Waals surface area contributed by atoms with Crippen LogP contribution in [0.15, 0.2) is 61.1 Å². The van der Waals surface area contributed by atoms with E-state index in [-0.39, 0.29) is 5.91 Å². The zero-order chi connectivity index (χ0) is 19.9. The van der Waals surface area contributed by atoms with Crippen LogP contribution in [0.1, 0.15) is 41.1 Å². The van der Waals surface area contributed by atoms with Crippen LogP contribution in [0.4, 0.5) is 0 Å². The molecule has 0 aliphatic carbocycles. The van der Waals surface area contributed by atoms with Crippen LogP contribution in [-0.4, -0.2) is 30.6 Å². The molecule has 7 nitrogen and oxygen atoms in total. The summed E-state index contributed by atoms with van der Waals surface area (Å²) in [4.78, 5) is 24.4. The van der Waals surface area contributed by atoms with Gasteiger partial charge < -0.3 is 10.3 Å². The molecule has 3 aromatic heterocycles. The molecule has 4 aromatic rings. The number of H-pyrrole nitrogens is 1. The number of aromatic nitrogens is 5. The molecule has 148 valence electrons. The Morgan fingerprint density at radius 1 is 1.07 bits per heavy atom. The molecular weight excluding hydrogens is 364 g/mol. The van der Waals surface area contributed by atoms with Gasteiger partial charge in [-0.1, -0.05) is 24.6 Å². The summed E-state index contributed by atoms with van der Waals surface area (Å²) in [6.07, 6.45) is 9.23. The SMILES string of the molecule is O=C(NCc1ccccn1)c1cnn(CCCCCc2nc3ccccc3[nH]2)c1. The number of para-hydroxylation sites is 2. The average Bonchev–Trinajstić information content (AvgIpc) is 3.39. The molecule has 0 atom stereocenters. The molecule has 0 fully saturated rings. The summed E-state index contributed by atoms with van der Waals surface area (Å²) >= 11 is 0. The lowest BCUT2D eigenvalue weighted by atomic mass is 10.2. The van der Waals surface area contributed by atoms with Gasteiger partial charge in [-0.2, -0.15) is 5.10 Å². The number of pyridine rings is 1. The second-order valence-electron chi connectivity index (χ2n) is 7.01. The zero-order valence-electron chi connectivity index (χ0n) is 16.2. The highest BCUT2D eigenvalue weighted by Crippen LogP contribution is 2.12. The van der Waals surface area contributed by atoms with Crippen molar-refractivity contribution >= 4 is 16.9 Å². The highest BCUT2D eigenvalue weighted by Gasteiger charge is 2.08. The minimum absolute atomic E-state index is 0.133. The summed E-state index contributed by atoms with van der Waals surface area (Å²) < 4.78 is 1.83. The Bertz CT molecular complexity index is 1040. The van der Waals surface area contributed by atoms with Gasteiger partial charge in [0.1, 0.15) is 5.82 Å². The summed E-state index contributed by atoms with van der Waals surface area (Å²) in [5.41, 5.74) is 3.52. The molecule has 0 saturated carbocycles. The van der Waals surface area contributed by atoms with Gasteiger partial charge in [0.15, 0.2) is 0 Å². The maximum atomic E-state index is 12.2. The van der Waals surface area contributed by atoms with E-state index in [0.29, 0.717) is 12.1 Å². The number of nitrogens with zero attached hydrogens (tertiary/aromatic N) is 4. The molecule has 0 saturated heterocycles. The van der Waals surface area contributed by atoms with Crippen LogP contribution < -0.4 is 5.32 Å². The predicted octanol–water partition coefficient (Wildman–Crippen LogP) is 3.50. The molecule has 2 N–H and O–H groups in total. The molecule has 7 heteroatoms. The van der Waals surface area contributed by atoms with E-state index in [9.17, 15) is 4.79 Å². The number of amides is 1. The molecule has 0 aliphatic rings. The second kappa shape index (κ2) is 9.14. The van der Waals surface area contributed by atoms with E-state index in [1.807, 2.05) is 47.1 Å². The maximum absolute atomic E-state index is 12.2. The molecule has 0 radical (unpaired) electrons. The Hall–Kier alpha value is -3.48. The van der Waals surface area contributed by atoms with E-state index >= 15 is 0 Å².